The van der Waals surface area contributed by atoms with Crippen LogP contribution in [0.4, 0.5) is 0 Å². The van der Waals surface area contributed by atoms with E-state index in [0.717, 1.165) is 31.1 Å². The third-order valence-corrected chi connectivity index (χ3v) is 5.86. The van der Waals surface area contributed by atoms with Crippen molar-refractivity contribution in [3.8, 4) is 22.8 Å². The minimum Gasteiger partial charge on any atom is -0.493 e. The van der Waals surface area contributed by atoms with Crippen molar-refractivity contribution in [2.45, 2.75) is 32.1 Å². The normalized spacial score (nSPS) is 14.7. The van der Waals surface area contributed by atoms with Crippen molar-refractivity contribution in [2.75, 3.05) is 7.11 Å². The number of benzene rings is 2. The molecule has 2 aromatic heterocycles. The SMILES string of the molecule is COc1cccc2cc(-c3cc(=O)oc4ccc(OC(=O)C5CCCCC5)cc34)oc12. The zero-order chi connectivity index (χ0) is 21.4. The van der Waals surface area contributed by atoms with Crippen molar-refractivity contribution in [1.29, 1.82) is 0 Å². The molecule has 1 aliphatic rings. The van der Waals surface area contributed by atoms with Crippen molar-refractivity contribution in [3.63, 3.8) is 0 Å². The molecule has 0 aliphatic heterocycles. The van der Waals surface area contributed by atoms with E-state index in [2.05, 4.69) is 0 Å². The van der Waals surface area contributed by atoms with Crippen LogP contribution in [0.25, 0.3) is 33.3 Å². The number of carbonyl (C=O) groups is 1. The van der Waals surface area contributed by atoms with Crippen molar-refractivity contribution >= 4 is 27.9 Å². The first-order valence-electron chi connectivity index (χ1n) is 10.5. The molecule has 2 aromatic carbocycles. The fourth-order valence-electron chi connectivity index (χ4n) is 4.28. The molecule has 0 bridgehead atoms. The van der Waals surface area contributed by atoms with E-state index >= 15 is 0 Å². The molecule has 158 valence electrons. The average molecular weight is 418 g/mol. The Bertz CT molecular complexity index is 1320. The summed E-state index contributed by atoms with van der Waals surface area (Å²) in [6.07, 6.45) is 5.02. The van der Waals surface area contributed by atoms with Gasteiger partial charge in [-0.1, -0.05) is 31.4 Å². The fraction of sp³-hybridized carbons (Fsp3) is 0.280. The largest absolute Gasteiger partial charge is 0.493 e. The third kappa shape index (κ3) is 3.69. The topological polar surface area (TPSA) is 78.9 Å². The van der Waals surface area contributed by atoms with Crippen LogP contribution in [0, 0.1) is 5.92 Å². The van der Waals surface area contributed by atoms with Crippen molar-refractivity contribution in [3.05, 3.63) is 59.0 Å². The number of fused-ring (bicyclic) bond motifs is 2. The summed E-state index contributed by atoms with van der Waals surface area (Å²) in [7, 11) is 1.58. The van der Waals surface area contributed by atoms with Crippen molar-refractivity contribution in [1.82, 2.24) is 0 Å². The Labute approximate surface area is 178 Å². The van der Waals surface area contributed by atoms with E-state index in [1.165, 1.54) is 12.5 Å². The highest BCUT2D eigenvalue weighted by molar-refractivity contribution is 5.96. The molecule has 0 N–H and O–H groups in total. The lowest BCUT2D eigenvalue weighted by Crippen LogP contribution is -2.22. The molecule has 31 heavy (non-hydrogen) atoms. The van der Waals surface area contributed by atoms with Gasteiger partial charge in [-0.2, -0.15) is 0 Å². The second-order valence-corrected chi connectivity index (χ2v) is 7.88. The highest BCUT2D eigenvalue weighted by Gasteiger charge is 2.23. The van der Waals surface area contributed by atoms with Crippen LogP contribution in [0.1, 0.15) is 32.1 Å². The van der Waals surface area contributed by atoms with E-state index < -0.39 is 5.63 Å². The Morgan fingerprint density at radius 2 is 1.84 bits per heavy atom. The highest BCUT2D eigenvalue weighted by Crippen LogP contribution is 2.37. The molecule has 0 saturated heterocycles. The summed E-state index contributed by atoms with van der Waals surface area (Å²) in [6.45, 7) is 0. The lowest BCUT2D eigenvalue weighted by Gasteiger charge is -2.19. The first-order chi connectivity index (χ1) is 15.1. The van der Waals surface area contributed by atoms with Gasteiger partial charge in [0, 0.05) is 22.4 Å². The predicted molar refractivity (Wildman–Crippen MR) is 116 cm³/mol. The quantitative estimate of drug-likeness (QED) is 0.240. The maximum atomic E-state index is 12.6. The molecule has 0 spiro atoms. The van der Waals surface area contributed by atoms with Gasteiger partial charge in [0.1, 0.15) is 17.1 Å². The van der Waals surface area contributed by atoms with Gasteiger partial charge in [-0.05, 0) is 43.2 Å². The predicted octanol–water partition coefficient (Wildman–Crippen LogP) is 5.70. The fourth-order valence-corrected chi connectivity index (χ4v) is 4.28. The second-order valence-electron chi connectivity index (χ2n) is 7.88. The van der Waals surface area contributed by atoms with Crippen LogP contribution in [-0.2, 0) is 4.79 Å². The molecule has 6 nitrogen and oxygen atoms in total. The van der Waals surface area contributed by atoms with Crippen LogP contribution in [0.5, 0.6) is 11.5 Å². The number of furan rings is 1. The number of esters is 1. The molecular formula is C25H22O6. The molecule has 6 heteroatoms. The molecule has 2 heterocycles. The lowest BCUT2D eigenvalue weighted by atomic mass is 9.89. The number of carbonyl (C=O) groups excluding carboxylic acids is 1. The number of rotatable bonds is 4. The Morgan fingerprint density at radius 1 is 1.00 bits per heavy atom. The van der Waals surface area contributed by atoms with E-state index in [1.54, 1.807) is 25.3 Å². The number of hydrogen-bond donors (Lipinski definition) is 0. The summed E-state index contributed by atoms with van der Waals surface area (Å²) in [5, 5.41) is 1.49. The Hall–Kier alpha value is -3.54. The van der Waals surface area contributed by atoms with Gasteiger partial charge >= 0.3 is 11.6 Å². The van der Waals surface area contributed by atoms with Gasteiger partial charge in [0.2, 0.25) is 0 Å². The Kier molecular flexibility index (Phi) is 4.98. The molecule has 4 aromatic rings. The molecule has 0 amide bonds. The molecule has 0 atom stereocenters. The van der Waals surface area contributed by atoms with Gasteiger partial charge in [-0.15, -0.1) is 0 Å². The van der Waals surface area contributed by atoms with Crippen molar-refractivity contribution < 1.29 is 23.1 Å². The zero-order valence-electron chi connectivity index (χ0n) is 17.2. The molecule has 1 fully saturated rings. The Balaban J connectivity index is 1.57. The summed E-state index contributed by atoms with van der Waals surface area (Å²) in [4.78, 5) is 24.7. The maximum Gasteiger partial charge on any atom is 0.336 e. The van der Waals surface area contributed by atoms with Gasteiger partial charge in [0.25, 0.3) is 0 Å². The molecule has 5 rings (SSSR count). The molecule has 1 saturated carbocycles. The van der Waals surface area contributed by atoms with Crippen LogP contribution in [-0.4, -0.2) is 13.1 Å². The number of ether oxygens (including phenoxy) is 2. The summed E-state index contributed by atoms with van der Waals surface area (Å²) in [5.74, 6) is 1.28. The lowest BCUT2D eigenvalue weighted by molar-refractivity contribution is -0.139. The standard InChI is InChI=1S/C25H22O6/c1-28-21-9-5-8-16-12-22(31-24(16)21)19-14-23(26)30-20-11-10-17(13-18(19)20)29-25(27)15-6-3-2-4-7-15/h5,8-15H,2-4,6-7H2,1H3. The number of hydrogen-bond acceptors (Lipinski definition) is 6. The number of methoxy groups -OCH3 is 1. The molecule has 1 aliphatic carbocycles. The summed E-state index contributed by atoms with van der Waals surface area (Å²) >= 11 is 0. The van der Waals surface area contributed by atoms with Crippen molar-refractivity contribution in [2.24, 2.45) is 5.92 Å². The van der Waals surface area contributed by atoms with Crippen LogP contribution < -0.4 is 15.1 Å². The number of para-hydroxylation sites is 1. The summed E-state index contributed by atoms with van der Waals surface area (Å²) < 4.78 is 22.4. The van der Waals surface area contributed by atoms with E-state index in [9.17, 15) is 9.59 Å². The molecule has 0 unspecified atom stereocenters. The Morgan fingerprint density at radius 3 is 2.65 bits per heavy atom. The minimum absolute atomic E-state index is 0.0551. The minimum atomic E-state index is -0.484. The third-order valence-electron chi connectivity index (χ3n) is 5.86. The van der Waals surface area contributed by atoms with Gasteiger partial charge in [-0.3, -0.25) is 4.79 Å². The van der Waals surface area contributed by atoms with E-state index in [4.69, 9.17) is 18.3 Å². The highest BCUT2D eigenvalue weighted by atomic mass is 16.5. The smallest absolute Gasteiger partial charge is 0.336 e. The first kappa shape index (κ1) is 19.4. The second kappa shape index (κ2) is 7.95. The molecule has 0 radical (unpaired) electrons. The van der Waals surface area contributed by atoms with Gasteiger partial charge in [0.15, 0.2) is 11.3 Å². The van der Waals surface area contributed by atoms with Crippen LogP contribution >= 0.6 is 0 Å². The average Bonchev–Trinajstić information content (AvgIpc) is 3.23. The van der Waals surface area contributed by atoms with Gasteiger partial charge in [-0.25, -0.2) is 4.79 Å². The van der Waals surface area contributed by atoms with Crippen LogP contribution in [0.15, 0.2) is 62.2 Å². The van der Waals surface area contributed by atoms with E-state index in [1.807, 2.05) is 24.3 Å². The maximum absolute atomic E-state index is 12.6. The molecular weight excluding hydrogens is 396 g/mol. The monoisotopic (exact) mass is 418 g/mol. The van der Waals surface area contributed by atoms with E-state index in [0.29, 0.717) is 39.4 Å². The van der Waals surface area contributed by atoms with Gasteiger partial charge in [0.05, 0.1) is 13.0 Å². The summed E-state index contributed by atoms with van der Waals surface area (Å²) in [5.41, 5.74) is 1.08. The van der Waals surface area contributed by atoms with Gasteiger partial charge < -0.3 is 18.3 Å². The zero-order valence-corrected chi connectivity index (χ0v) is 17.2. The van der Waals surface area contributed by atoms with Crippen LogP contribution in [0.2, 0.25) is 0 Å². The summed E-state index contributed by atoms with van der Waals surface area (Å²) in [6, 6.07) is 13.9. The van der Waals surface area contributed by atoms with Crippen LogP contribution in [0.3, 0.4) is 0 Å². The van der Waals surface area contributed by atoms with E-state index in [-0.39, 0.29) is 11.9 Å². The first-order valence-corrected chi connectivity index (χ1v) is 10.5.